The van der Waals surface area contributed by atoms with E-state index >= 15 is 0 Å². The summed E-state index contributed by atoms with van der Waals surface area (Å²) in [5.74, 6) is 4.11. The molecule has 2 saturated heterocycles. The Balaban J connectivity index is 0.000000170. The molecule has 4 aliphatic heterocycles. The first-order valence-electron chi connectivity index (χ1n) is 29.2. The Morgan fingerprint density at radius 3 is 1.52 bits per heavy atom. The number of hydrogen-bond donors (Lipinski definition) is 4. The van der Waals surface area contributed by atoms with Crippen LogP contribution < -0.4 is 35.1 Å². The van der Waals surface area contributed by atoms with Gasteiger partial charge in [-0.15, -0.1) is 0 Å². The summed E-state index contributed by atoms with van der Waals surface area (Å²) in [5, 5.41) is 25.1. The molecule has 2 fully saturated rings. The molecule has 16 nitrogen and oxygen atoms in total. The van der Waals surface area contributed by atoms with Gasteiger partial charge in [0.05, 0.1) is 50.5 Å². The number of phenols is 1. The van der Waals surface area contributed by atoms with Gasteiger partial charge >= 0.3 is 0 Å². The van der Waals surface area contributed by atoms with E-state index in [1.54, 1.807) is 12.1 Å². The van der Waals surface area contributed by atoms with Crippen molar-refractivity contribution in [3.8, 4) is 11.5 Å². The van der Waals surface area contributed by atoms with Gasteiger partial charge in [0.2, 0.25) is 20.2 Å². The van der Waals surface area contributed by atoms with Crippen molar-refractivity contribution in [2.75, 3.05) is 102 Å². The first kappa shape index (κ1) is 66.1. The van der Waals surface area contributed by atoms with Crippen molar-refractivity contribution >= 4 is 102 Å². The molecular weight excluding hydrogens is 1210 g/mol. The number of aliphatic hydroxyl groups is 1. The van der Waals surface area contributed by atoms with Crippen molar-refractivity contribution in [3.63, 3.8) is 0 Å². The van der Waals surface area contributed by atoms with Gasteiger partial charge in [0.15, 0.2) is 13.5 Å². The lowest BCUT2D eigenvalue weighted by Gasteiger charge is -2.37. The van der Waals surface area contributed by atoms with Crippen LogP contribution in [0.1, 0.15) is 64.1 Å². The second kappa shape index (κ2) is 28.5. The summed E-state index contributed by atoms with van der Waals surface area (Å²) >= 11 is 18.2. The molecule has 5 N–H and O–H groups in total. The highest BCUT2D eigenvalue weighted by Gasteiger charge is 2.40. The van der Waals surface area contributed by atoms with Crippen molar-refractivity contribution in [1.29, 1.82) is 0 Å². The number of aromatic nitrogens is 4. The molecule has 85 heavy (non-hydrogen) atoms. The van der Waals surface area contributed by atoms with E-state index in [0.717, 1.165) is 97.2 Å². The molecule has 4 aliphatic rings. The molecule has 10 rings (SSSR count). The van der Waals surface area contributed by atoms with Crippen LogP contribution in [0.4, 0.5) is 29.1 Å². The first-order valence-corrected chi connectivity index (χ1v) is 38.8. The van der Waals surface area contributed by atoms with E-state index in [2.05, 4.69) is 127 Å². The minimum absolute atomic E-state index is 0.0243. The van der Waals surface area contributed by atoms with Gasteiger partial charge in [-0.1, -0.05) is 101 Å². The highest BCUT2D eigenvalue weighted by Crippen LogP contribution is 2.39. The lowest BCUT2D eigenvalue weighted by molar-refractivity contribution is 0.262. The van der Waals surface area contributed by atoms with E-state index in [9.17, 15) is 18.6 Å². The quantitative estimate of drug-likeness (QED) is 0.0527. The average Bonchev–Trinajstić information content (AvgIpc) is 4.20. The molecule has 4 aromatic carbocycles. The third-order valence-corrected chi connectivity index (χ3v) is 29.5. The van der Waals surface area contributed by atoms with E-state index in [-0.39, 0.29) is 34.5 Å². The van der Waals surface area contributed by atoms with E-state index < -0.39 is 38.2 Å². The van der Waals surface area contributed by atoms with Crippen LogP contribution in [0.2, 0.25) is 51.5 Å². The smallest absolute Gasteiger partial charge is 0.250 e. The number of benzene rings is 4. The third-order valence-electron chi connectivity index (χ3n) is 16.9. The number of halogens is 3. The number of nitrogens with one attached hydrogen (secondary N) is 1. The largest absolute Gasteiger partial charge is 0.544 e. The van der Waals surface area contributed by atoms with Gasteiger partial charge < -0.3 is 49.7 Å². The van der Waals surface area contributed by atoms with E-state index in [0.29, 0.717) is 70.0 Å². The second-order valence-electron chi connectivity index (χ2n) is 25.2. The normalized spacial score (nSPS) is 17.9. The highest BCUT2D eigenvalue weighted by atomic mass is 35.5. The molecule has 4 atom stereocenters. The molecule has 0 radical (unpaired) electrons. The van der Waals surface area contributed by atoms with Gasteiger partial charge in [0.1, 0.15) is 22.2 Å². The van der Waals surface area contributed by atoms with Crippen molar-refractivity contribution < 1.29 is 27.5 Å². The number of piperazine rings is 2. The lowest BCUT2D eigenvalue weighted by Crippen LogP contribution is -2.47. The summed E-state index contributed by atoms with van der Waals surface area (Å²) in [6, 6.07) is 30.8. The second-order valence-corrected chi connectivity index (χ2v) is 39.0. The topological polar surface area (TPSA) is 196 Å². The summed E-state index contributed by atoms with van der Waals surface area (Å²) in [4.78, 5) is 28.8. The van der Waals surface area contributed by atoms with Crippen LogP contribution in [-0.4, -0.2) is 144 Å². The van der Waals surface area contributed by atoms with Crippen LogP contribution in [-0.2, 0) is 51.7 Å². The number of phenolic OH excluding ortho intramolecular Hbond substituents is 1. The number of aliphatic hydroxyl groups excluding tert-OH is 1. The zero-order valence-corrected chi connectivity index (χ0v) is 56.7. The standard InChI is InChI=1S/C25H28ClN5O3S.C21H41NO2Si2.C16H16Cl2N4OS/c26-18-3-5-20(6-4-18)30-10-12-31(13-11-30)25-28-22-9-14-35(34)23(22)24(29-25)27-19(16-32)15-17-1-7-21(33)8-2-17;1-20(2,3)25(7,8)23-16-18(22)15-17-11-13-19(14-12-17)24-26(9,10)21(4,5)6;17-11-1-3-12(4-2-11)21-6-8-22(9-7-21)16-19-13-5-10-24(23)14(13)15(18)20-16/h1-8,19,32-33H,9-16H2,(H,27,28,29);11-14,18H,15-16,22H2,1-10H3;1-4H,5-10H2/t19-,35?;18-;/m11./s1. The fourth-order valence-corrected chi connectivity index (χ4v) is 15.0. The fourth-order valence-electron chi connectivity index (χ4n) is 9.64. The Bertz CT molecular complexity index is 3240. The Morgan fingerprint density at radius 2 is 1.04 bits per heavy atom. The zero-order chi connectivity index (χ0) is 61.4. The van der Waals surface area contributed by atoms with Crippen LogP contribution >= 0.6 is 34.8 Å². The van der Waals surface area contributed by atoms with Gasteiger partial charge in [-0.2, -0.15) is 9.97 Å². The Labute approximate surface area is 525 Å². The maximum Gasteiger partial charge on any atom is 0.250 e. The molecule has 0 aliphatic carbocycles. The van der Waals surface area contributed by atoms with Crippen LogP contribution in [0, 0.1) is 0 Å². The maximum atomic E-state index is 12.7. The van der Waals surface area contributed by atoms with Crippen molar-refractivity contribution in [1.82, 2.24) is 19.9 Å². The molecule has 0 amide bonds. The first-order chi connectivity index (χ1) is 40.2. The number of fused-ring (bicyclic) bond motifs is 2. The predicted octanol–water partition coefficient (Wildman–Crippen LogP) is 11.6. The minimum Gasteiger partial charge on any atom is -0.544 e. The lowest BCUT2D eigenvalue weighted by atomic mass is 10.1. The summed E-state index contributed by atoms with van der Waals surface area (Å²) < 4.78 is 37.2. The summed E-state index contributed by atoms with van der Waals surface area (Å²) in [5.41, 5.74) is 12.5. The van der Waals surface area contributed by atoms with E-state index in [1.165, 1.54) is 11.3 Å². The number of nitrogens with zero attached hydrogens (tertiary/aromatic N) is 8. The number of hydrogen-bond acceptors (Lipinski definition) is 16. The molecule has 23 heteroatoms. The Hall–Kier alpha value is -4.88. The molecule has 0 spiro atoms. The van der Waals surface area contributed by atoms with Gasteiger partial charge in [-0.05, 0) is 133 Å². The number of aryl methyl sites for hydroxylation is 2. The molecule has 0 saturated carbocycles. The summed E-state index contributed by atoms with van der Waals surface area (Å²) in [6.45, 7) is 29.7. The van der Waals surface area contributed by atoms with Crippen molar-refractivity contribution in [2.45, 2.75) is 125 Å². The van der Waals surface area contributed by atoms with Gasteiger partial charge in [0.25, 0.3) is 0 Å². The van der Waals surface area contributed by atoms with Crippen LogP contribution in [0.5, 0.6) is 11.5 Å². The molecule has 6 heterocycles. The monoisotopic (exact) mass is 1290 g/mol. The summed E-state index contributed by atoms with van der Waals surface area (Å²) in [6.07, 6.45) is 2.73. The Kier molecular flexibility index (Phi) is 22.2. The fraction of sp³-hybridized carbons (Fsp3) is 0.484. The van der Waals surface area contributed by atoms with Crippen molar-refractivity contribution in [2.24, 2.45) is 5.73 Å². The zero-order valence-electron chi connectivity index (χ0n) is 50.8. The highest BCUT2D eigenvalue weighted by molar-refractivity contribution is 7.85. The van der Waals surface area contributed by atoms with E-state index in [1.807, 2.05) is 60.7 Å². The molecule has 460 valence electrons. The van der Waals surface area contributed by atoms with Gasteiger partial charge in [-0.3, -0.25) is 8.42 Å². The SMILES string of the molecule is CC(C)(C)[Si](C)(C)OC[C@H](N)Cc1ccc(O[Si](C)(C)C(C)(C)C)cc1.O=S1CCc2nc(N3CCN(c4ccc(Cl)cc4)CC3)nc(Cl)c21.O=S1CCc2nc(N3CCN(c4ccc(Cl)cc4)CC3)nc(N[C@@H](CO)Cc3ccc(O)cc3)c21. The number of rotatable bonds is 16. The van der Waals surface area contributed by atoms with Crippen LogP contribution in [0.15, 0.2) is 107 Å². The van der Waals surface area contributed by atoms with Crippen LogP contribution in [0.25, 0.3) is 0 Å². The third kappa shape index (κ3) is 17.5. The van der Waals surface area contributed by atoms with Gasteiger partial charge in [-0.25, -0.2) is 9.97 Å². The molecular formula is C62H85Cl3N10O6S2Si2. The van der Waals surface area contributed by atoms with Crippen molar-refractivity contribution in [3.05, 3.63) is 135 Å². The summed E-state index contributed by atoms with van der Waals surface area (Å²) in [7, 11) is -5.73. The van der Waals surface area contributed by atoms with Gasteiger partial charge in [0, 0.05) is 111 Å². The Morgan fingerprint density at radius 1 is 0.600 bits per heavy atom. The number of nitrogens with two attached hydrogens (primary N) is 1. The maximum absolute atomic E-state index is 12.7. The van der Waals surface area contributed by atoms with Crippen LogP contribution in [0.3, 0.4) is 0 Å². The molecule has 2 unspecified atom stereocenters. The number of aromatic hydroxyl groups is 1. The number of anilines is 5. The predicted molar refractivity (Wildman–Crippen MR) is 356 cm³/mol. The van der Waals surface area contributed by atoms with E-state index in [4.69, 9.17) is 59.4 Å². The molecule has 0 bridgehead atoms. The molecule has 2 aromatic heterocycles. The average molecular weight is 1290 g/mol. The minimum atomic E-state index is -1.79. The molecule has 6 aromatic rings.